The van der Waals surface area contributed by atoms with Gasteiger partial charge >= 0.3 is 0 Å². The van der Waals surface area contributed by atoms with Crippen molar-refractivity contribution < 1.29 is 9.21 Å². The van der Waals surface area contributed by atoms with Crippen LogP contribution in [0.4, 0.5) is 0 Å². The second-order valence-electron chi connectivity index (χ2n) is 4.41. The predicted octanol–water partition coefficient (Wildman–Crippen LogP) is 5.32. The Morgan fingerprint density at radius 3 is 2.91 bits per heavy atom. The fourth-order valence-electron chi connectivity index (χ4n) is 1.95. The highest BCUT2D eigenvalue weighted by molar-refractivity contribution is 8.45. The lowest BCUT2D eigenvalue weighted by atomic mass is 10.2. The van der Waals surface area contributed by atoms with Crippen LogP contribution < -0.4 is 0 Å². The predicted molar refractivity (Wildman–Crippen MR) is 95.3 cm³/mol. The van der Waals surface area contributed by atoms with E-state index in [1.165, 1.54) is 11.8 Å². The monoisotopic (exact) mass is 349 g/mol. The first-order valence-electron chi connectivity index (χ1n) is 6.67. The number of rotatable bonds is 3. The molecule has 0 amide bonds. The van der Waals surface area contributed by atoms with Gasteiger partial charge in [-0.15, -0.1) is 0 Å². The lowest BCUT2D eigenvalue weighted by Crippen LogP contribution is -1.87. The molecule has 0 atom stereocenters. The first kappa shape index (κ1) is 15.5. The smallest absolute Gasteiger partial charge is 0.244 e. The Bertz CT molecular complexity index is 780. The molecule has 0 N–H and O–H groups in total. The van der Waals surface area contributed by atoms with Gasteiger partial charge in [0.1, 0.15) is 21.6 Å². The van der Waals surface area contributed by atoms with Gasteiger partial charge in [0.2, 0.25) is 5.12 Å². The van der Waals surface area contributed by atoms with Gasteiger partial charge in [0, 0.05) is 11.6 Å². The van der Waals surface area contributed by atoms with E-state index in [-0.39, 0.29) is 5.12 Å². The minimum Gasteiger partial charge on any atom is -0.457 e. The Balaban J connectivity index is 1.87. The van der Waals surface area contributed by atoms with Crippen LogP contribution in [0.25, 0.3) is 17.4 Å². The number of thioether (sulfide) groups is 2. The van der Waals surface area contributed by atoms with E-state index < -0.39 is 0 Å². The van der Waals surface area contributed by atoms with E-state index in [1.807, 2.05) is 43.3 Å². The summed E-state index contributed by atoms with van der Waals surface area (Å²) in [7, 11) is 0. The number of carbonyl (C=O) groups is 1. The van der Waals surface area contributed by atoms with Gasteiger partial charge in [-0.05, 0) is 41.8 Å². The van der Waals surface area contributed by atoms with Gasteiger partial charge in [-0.2, -0.15) is 0 Å². The Morgan fingerprint density at radius 1 is 1.32 bits per heavy atom. The highest BCUT2D eigenvalue weighted by Crippen LogP contribution is 2.33. The summed E-state index contributed by atoms with van der Waals surface area (Å²) in [6.45, 7) is 2.03. The third-order valence-corrected chi connectivity index (χ3v) is 5.13. The van der Waals surface area contributed by atoms with E-state index in [0.29, 0.717) is 22.2 Å². The zero-order valence-corrected chi connectivity index (χ0v) is 14.1. The molecule has 0 bridgehead atoms. The van der Waals surface area contributed by atoms with E-state index in [4.69, 9.17) is 16.0 Å². The standard InChI is InChI=1S/C16H12ClNO2S2/c1-2-21-16-18-13(15(19)22-16)9-10-7-8-14(20-10)11-5-3-4-6-12(11)17/h3-9H,2H2,1H3. The zero-order chi connectivity index (χ0) is 15.5. The molecule has 1 aromatic heterocycles. The van der Waals surface area contributed by atoms with Crippen molar-refractivity contribution in [3.8, 4) is 11.3 Å². The van der Waals surface area contributed by atoms with Crippen molar-refractivity contribution >= 4 is 50.7 Å². The molecule has 6 heteroatoms. The van der Waals surface area contributed by atoms with E-state index in [2.05, 4.69) is 4.99 Å². The fraction of sp³-hybridized carbons (Fsp3) is 0.125. The van der Waals surface area contributed by atoms with Crippen LogP contribution in [0.5, 0.6) is 0 Å². The first-order chi connectivity index (χ1) is 10.7. The average Bonchev–Trinajstić information content (AvgIpc) is 3.08. The SMILES string of the molecule is CCSC1=NC(=Cc2ccc(-c3ccccc3Cl)o2)C(=O)S1. The number of aliphatic imine (C=N–C) groups is 1. The van der Waals surface area contributed by atoms with Gasteiger partial charge in [-0.3, -0.25) is 4.79 Å². The normalized spacial score (nSPS) is 16.4. The lowest BCUT2D eigenvalue weighted by Gasteiger charge is -1.99. The molecule has 0 saturated heterocycles. The molecule has 112 valence electrons. The molecular formula is C16H12ClNO2S2. The number of hydrogen-bond acceptors (Lipinski definition) is 5. The summed E-state index contributed by atoms with van der Waals surface area (Å²) in [5.41, 5.74) is 1.24. The van der Waals surface area contributed by atoms with Crippen molar-refractivity contribution in [1.82, 2.24) is 0 Å². The van der Waals surface area contributed by atoms with Crippen molar-refractivity contribution in [2.24, 2.45) is 4.99 Å². The number of furan rings is 1. The fourth-order valence-corrected chi connectivity index (χ4v) is 3.91. The molecule has 0 spiro atoms. The third kappa shape index (κ3) is 3.32. The molecule has 2 aromatic rings. The summed E-state index contributed by atoms with van der Waals surface area (Å²) >= 11 is 8.89. The maximum atomic E-state index is 11.9. The molecule has 3 rings (SSSR count). The van der Waals surface area contributed by atoms with Gasteiger partial charge in [0.05, 0.1) is 5.02 Å². The summed E-state index contributed by atoms with van der Waals surface area (Å²) in [6.07, 6.45) is 1.67. The van der Waals surface area contributed by atoms with E-state index in [1.54, 1.807) is 17.8 Å². The van der Waals surface area contributed by atoms with Gasteiger partial charge in [-0.1, -0.05) is 42.4 Å². The molecule has 0 saturated carbocycles. The summed E-state index contributed by atoms with van der Waals surface area (Å²) in [5.74, 6) is 2.15. The molecule has 0 unspecified atom stereocenters. The number of carbonyl (C=O) groups excluding carboxylic acids is 1. The van der Waals surface area contributed by atoms with Crippen molar-refractivity contribution in [3.05, 3.63) is 52.9 Å². The Kier molecular flexibility index (Phi) is 4.76. The molecule has 1 aliphatic rings. The topological polar surface area (TPSA) is 42.6 Å². The van der Waals surface area contributed by atoms with Crippen LogP contribution in [0, 0.1) is 0 Å². The average molecular weight is 350 g/mol. The second kappa shape index (κ2) is 6.77. The Morgan fingerprint density at radius 2 is 2.14 bits per heavy atom. The largest absolute Gasteiger partial charge is 0.457 e. The zero-order valence-electron chi connectivity index (χ0n) is 11.7. The number of nitrogens with zero attached hydrogens (tertiary/aromatic N) is 1. The van der Waals surface area contributed by atoms with Crippen LogP contribution in [-0.4, -0.2) is 15.2 Å². The molecule has 0 fully saturated rings. The summed E-state index contributed by atoms with van der Waals surface area (Å²) in [5, 5.41) is 0.579. The number of benzene rings is 1. The molecule has 2 heterocycles. The highest BCUT2D eigenvalue weighted by atomic mass is 35.5. The quantitative estimate of drug-likeness (QED) is 0.703. The summed E-state index contributed by atoms with van der Waals surface area (Å²) in [4.78, 5) is 16.2. The van der Waals surface area contributed by atoms with Crippen molar-refractivity contribution in [1.29, 1.82) is 0 Å². The van der Waals surface area contributed by atoms with Crippen molar-refractivity contribution in [2.75, 3.05) is 5.75 Å². The van der Waals surface area contributed by atoms with Crippen LogP contribution >= 0.6 is 35.1 Å². The molecule has 0 radical (unpaired) electrons. The van der Waals surface area contributed by atoms with Crippen LogP contribution in [-0.2, 0) is 4.79 Å². The van der Waals surface area contributed by atoms with Crippen molar-refractivity contribution in [3.63, 3.8) is 0 Å². The minimum atomic E-state index is -0.0494. The van der Waals surface area contributed by atoms with Crippen LogP contribution in [0.2, 0.25) is 5.02 Å². The van der Waals surface area contributed by atoms with Crippen molar-refractivity contribution in [2.45, 2.75) is 6.92 Å². The first-order valence-corrected chi connectivity index (χ1v) is 8.85. The summed E-state index contributed by atoms with van der Waals surface area (Å²) in [6, 6.07) is 11.1. The Hall–Kier alpha value is -1.43. The van der Waals surface area contributed by atoms with E-state index >= 15 is 0 Å². The second-order valence-corrected chi connectivity index (χ2v) is 7.29. The van der Waals surface area contributed by atoms with Crippen LogP contribution in [0.1, 0.15) is 12.7 Å². The molecular weight excluding hydrogens is 338 g/mol. The Labute approximate surface area is 141 Å². The molecule has 1 aliphatic heterocycles. The minimum absolute atomic E-state index is 0.0494. The molecule has 22 heavy (non-hydrogen) atoms. The molecule has 1 aromatic carbocycles. The van der Waals surface area contributed by atoms with Crippen LogP contribution in [0.3, 0.4) is 0 Å². The lowest BCUT2D eigenvalue weighted by molar-refractivity contribution is -0.107. The summed E-state index contributed by atoms with van der Waals surface area (Å²) < 4.78 is 6.55. The van der Waals surface area contributed by atoms with Gasteiger partial charge in [0.25, 0.3) is 0 Å². The molecule has 0 aliphatic carbocycles. The number of halogens is 1. The maximum Gasteiger partial charge on any atom is 0.244 e. The van der Waals surface area contributed by atoms with Gasteiger partial charge in [0.15, 0.2) is 0 Å². The highest BCUT2D eigenvalue weighted by Gasteiger charge is 2.22. The maximum absolute atomic E-state index is 11.9. The van der Waals surface area contributed by atoms with E-state index in [0.717, 1.165) is 15.7 Å². The van der Waals surface area contributed by atoms with E-state index in [9.17, 15) is 4.79 Å². The third-order valence-electron chi connectivity index (χ3n) is 2.91. The van der Waals surface area contributed by atoms with Gasteiger partial charge < -0.3 is 4.42 Å². The van der Waals surface area contributed by atoms with Gasteiger partial charge in [-0.25, -0.2) is 4.99 Å². The van der Waals surface area contributed by atoms with Crippen LogP contribution in [0.15, 0.2) is 51.5 Å². The molecule has 3 nitrogen and oxygen atoms in total. The number of hydrogen-bond donors (Lipinski definition) is 0.